The number of hydrogen-bond acceptors (Lipinski definition) is 3. The fourth-order valence-electron chi connectivity index (χ4n) is 2.80. The van der Waals surface area contributed by atoms with Gasteiger partial charge in [-0.1, -0.05) is 23.7 Å². The molecule has 1 N–H and O–H groups in total. The molecule has 1 unspecified atom stereocenters. The van der Waals surface area contributed by atoms with Crippen molar-refractivity contribution in [3.63, 3.8) is 0 Å². The Bertz CT molecular complexity index is 525. The van der Waals surface area contributed by atoms with Gasteiger partial charge >= 0.3 is 0 Å². The van der Waals surface area contributed by atoms with Crippen LogP contribution in [0.5, 0.6) is 0 Å². The van der Waals surface area contributed by atoms with Crippen molar-refractivity contribution in [2.75, 3.05) is 20.1 Å². The first-order valence-electron chi connectivity index (χ1n) is 7.28. The van der Waals surface area contributed by atoms with E-state index < -0.39 is 0 Å². The predicted molar refractivity (Wildman–Crippen MR) is 83.6 cm³/mol. The molecule has 0 bridgehead atoms. The first-order valence-corrected chi connectivity index (χ1v) is 7.66. The van der Waals surface area contributed by atoms with Gasteiger partial charge in [0.2, 0.25) is 5.91 Å². The zero-order valence-corrected chi connectivity index (χ0v) is 13.2. The molecule has 1 aromatic carbocycles. The van der Waals surface area contributed by atoms with E-state index in [0.29, 0.717) is 10.6 Å². The van der Waals surface area contributed by atoms with Crippen LogP contribution in [0.15, 0.2) is 24.3 Å². The van der Waals surface area contributed by atoms with Crippen LogP contribution in [0.25, 0.3) is 0 Å². The summed E-state index contributed by atoms with van der Waals surface area (Å²) in [5.41, 5.74) is 0.642. The minimum atomic E-state index is -0.186. The highest BCUT2D eigenvalue weighted by Gasteiger charge is 2.29. The number of amides is 1. The van der Waals surface area contributed by atoms with Crippen LogP contribution >= 0.6 is 11.6 Å². The van der Waals surface area contributed by atoms with Crippen molar-refractivity contribution < 1.29 is 9.59 Å². The Kier molecular flexibility index (Phi) is 5.37. The van der Waals surface area contributed by atoms with E-state index in [4.69, 9.17) is 11.6 Å². The Balaban J connectivity index is 1.97. The molecular weight excluding hydrogens is 288 g/mol. The van der Waals surface area contributed by atoms with Gasteiger partial charge in [-0.2, -0.15) is 0 Å². The number of nitrogens with one attached hydrogen (secondary N) is 1. The number of nitrogens with zero attached hydrogens (tertiary/aromatic N) is 1. The monoisotopic (exact) mass is 308 g/mol. The van der Waals surface area contributed by atoms with Gasteiger partial charge in [0, 0.05) is 23.6 Å². The van der Waals surface area contributed by atoms with Gasteiger partial charge in [-0.3, -0.25) is 14.5 Å². The number of likely N-dealkylation sites (tertiary alicyclic amines) is 1. The van der Waals surface area contributed by atoms with Crippen molar-refractivity contribution in [3.8, 4) is 0 Å². The second-order valence-corrected chi connectivity index (χ2v) is 5.91. The minimum Gasteiger partial charge on any atom is -0.359 e. The summed E-state index contributed by atoms with van der Waals surface area (Å²) < 4.78 is 0. The van der Waals surface area contributed by atoms with Gasteiger partial charge in [0.1, 0.15) is 0 Å². The molecule has 5 heteroatoms. The molecular formula is C16H21ClN2O2. The molecule has 1 aromatic rings. The van der Waals surface area contributed by atoms with Crippen molar-refractivity contribution in [1.29, 1.82) is 0 Å². The molecule has 0 saturated carbocycles. The summed E-state index contributed by atoms with van der Waals surface area (Å²) in [5.74, 6) is 0.249. The van der Waals surface area contributed by atoms with Gasteiger partial charge in [-0.05, 0) is 45.0 Å². The third-order valence-corrected chi connectivity index (χ3v) is 4.42. The normalized spacial score (nSPS) is 18.2. The number of rotatable bonds is 4. The van der Waals surface area contributed by atoms with E-state index in [2.05, 4.69) is 10.2 Å². The predicted octanol–water partition coefficient (Wildman–Crippen LogP) is 2.37. The van der Waals surface area contributed by atoms with E-state index in [1.165, 1.54) is 0 Å². The first-order chi connectivity index (χ1) is 10.0. The minimum absolute atomic E-state index is 0.0692. The molecule has 4 nitrogen and oxygen atoms in total. The summed E-state index contributed by atoms with van der Waals surface area (Å²) in [5, 5.41) is 3.27. The van der Waals surface area contributed by atoms with Crippen LogP contribution in [0.2, 0.25) is 5.02 Å². The number of piperidine rings is 1. The lowest BCUT2D eigenvalue weighted by Crippen LogP contribution is -2.46. The van der Waals surface area contributed by atoms with Crippen LogP contribution in [0, 0.1) is 5.92 Å². The fraction of sp³-hybridized carbons (Fsp3) is 0.500. The molecule has 114 valence electrons. The second-order valence-electron chi connectivity index (χ2n) is 5.48. The molecule has 1 aliphatic rings. The molecule has 1 heterocycles. The number of halogens is 1. The zero-order chi connectivity index (χ0) is 15.4. The molecule has 0 aliphatic carbocycles. The average molecular weight is 309 g/mol. The van der Waals surface area contributed by atoms with E-state index in [-0.39, 0.29) is 23.7 Å². The number of ketones is 1. The molecule has 1 fully saturated rings. The quantitative estimate of drug-likeness (QED) is 0.869. The number of carbonyl (C=O) groups excluding carboxylic acids is 2. The van der Waals surface area contributed by atoms with Crippen molar-refractivity contribution in [3.05, 3.63) is 34.9 Å². The van der Waals surface area contributed by atoms with Gasteiger partial charge < -0.3 is 5.32 Å². The van der Waals surface area contributed by atoms with E-state index in [1.807, 2.05) is 6.92 Å². The lowest BCUT2D eigenvalue weighted by Gasteiger charge is -2.34. The number of carbonyl (C=O) groups is 2. The lowest BCUT2D eigenvalue weighted by atomic mass is 9.93. The van der Waals surface area contributed by atoms with Crippen molar-refractivity contribution >= 4 is 23.3 Å². The Hall–Kier alpha value is -1.39. The summed E-state index contributed by atoms with van der Waals surface area (Å²) in [6.45, 7) is 3.46. The number of Topliss-reactive ketones (excluding diaryl/α,β-unsaturated/α-hetero) is 1. The molecule has 1 atom stereocenters. The van der Waals surface area contributed by atoms with Crippen molar-refractivity contribution in [2.24, 2.45) is 5.92 Å². The summed E-state index contributed by atoms with van der Waals surface area (Å²) in [6, 6.07) is 6.87. The molecule has 0 spiro atoms. The van der Waals surface area contributed by atoms with Crippen LogP contribution in [-0.4, -0.2) is 42.8 Å². The maximum atomic E-state index is 12.5. The average Bonchev–Trinajstić information content (AvgIpc) is 2.53. The largest absolute Gasteiger partial charge is 0.359 e. The van der Waals surface area contributed by atoms with Crippen molar-refractivity contribution in [2.45, 2.75) is 25.8 Å². The second kappa shape index (κ2) is 7.05. The van der Waals surface area contributed by atoms with E-state index in [0.717, 1.165) is 25.9 Å². The Morgan fingerprint density at radius 3 is 2.57 bits per heavy atom. The highest BCUT2D eigenvalue weighted by Crippen LogP contribution is 2.21. The van der Waals surface area contributed by atoms with Crippen LogP contribution in [0.3, 0.4) is 0 Å². The molecule has 0 radical (unpaired) electrons. The zero-order valence-electron chi connectivity index (χ0n) is 12.4. The van der Waals surface area contributed by atoms with Crippen LogP contribution in [-0.2, 0) is 4.79 Å². The van der Waals surface area contributed by atoms with Gasteiger partial charge in [0.25, 0.3) is 0 Å². The van der Waals surface area contributed by atoms with Gasteiger partial charge in [0.05, 0.1) is 6.04 Å². The van der Waals surface area contributed by atoms with Crippen LogP contribution in [0.1, 0.15) is 30.1 Å². The molecule has 1 saturated heterocycles. The summed E-state index contributed by atoms with van der Waals surface area (Å²) in [6.07, 6.45) is 1.60. The van der Waals surface area contributed by atoms with Gasteiger partial charge in [-0.25, -0.2) is 0 Å². The van der Waals surface area contributed by atoms with E-state index in [1.54, 1.807) is 31.3 Å². The van der Waals surface area contributed by atoms with Crippen molar-refractivity contribution in [1.82, 2.24) is 10.2 Å². The molecule has 2 rings (SSSR count). The number of hydrogen-bond donors (Lipinski definition) is 1. The third-order valence-electron chi connectivity index (χ3n) is 4.18. The summed E-state index contributed by atoms with van der Waals surface area (Å²) in [4.78, 5) is 26.3. The smallest absolute Gasteiger partial charge is 0.222 e. The molecule has 1 amide bonds. The molecule has 21 heavy (non-hydrogen) atoms. The van der Waals surface area contributed by atoms with E-state index >= 15 is 0 Å². The number of benzene rings is 1. The Morgan fingerprint density at radius 2 is 2.00 bits per heavy atom. The van der Waals surface area contributed by atoms with Crippen LogP contribution < -0.4 is 5.32 Å². The maximum absolute atomic E-state index is 12.5. The first kappa shape index (κ1) is 16.0. The molecule has 0 aromatic heterocycles. The van der Waals surface area contributed by atoms with E-state index in [9.17, 15) is 9.59 Å². The molecule has 1 aliphatic heterocycles. The summed E-state index contributed by atoms with van der Waals surface area (Å²) >= 11 is 5.94. The Morgan fingerprint density at radius 1 is 1.33 bits per heavy atom. The highest BCUT2D eigenvalue weighted by atomic mass is 35.5. The topological polar surface area (TPSA) is 49.4 Å². The van der Waals surface area contributed by atoms with Crippen LogP contribution in [0.4, 0.5) is 0 Å². The Labute approximate surface area is 130 Å². The van der Waals surface area contributed by atoms with Gasteiger partial charge in [-0.15, -0.1) is 0 Å². The lowest BCUT2D eigenvalue weighted by molar-refractivity contribution is -0.126. The third kappa shape index (κ3) is 3.83. The SMILES string of the molecule is CNC(=O)C1CCN(C(C)C(=O)c2cccc(Cl)c2)CC1. The van der Waals surface area contributed by atoms with Gasteiger partial charge in [0.15, 0.2) is 5.78 Å². The standard InChI is InChI=1S/C16H21ClN2O2/c1-11(15(20)13-4-3-5-14(17)10-13)19-8-6-12(7-9-19)16(21)18-2/h3-5,10-12H,6-9H2,1-2H3,(H,18,21). The fourth-order valence-corrected chi connectivity index (χ4v) is 2.99. The highest BCUT2D eigenvalue weighted by molar-refractivity contribution is 6.31. The summed E-state index contributed by atoms with van der Waals surface area (Å²) in [7, 11) is 1.67. The maximum Gasteiger partial charge on any atom is 0.222 e.